The van der Waals surface area contributed by atoms with Crippen LogP contribution in [0.25, 0.3) is 0 Å². The molecular formula is C18H25N3O2. The van der Waals surface area contributed by atoms with Crippen molar-refractivity contribution in [2.45, 2.75) is 38.0 Å². The van der Waals surface area contributed by atoms with Crippen molar-refractivity contribution >= 4 is 0 Å². The van der Waals surface area contributed by atoms with Gasteiger partial charge in [0.2, 0.25) is 0 Å². The van der Waals surface area contributed by atoms with E-state index < -0.39 is 6.10 Å². The van der Waals surface area contributed by atoms with Crippen LogP contribution in [0.4, 0.5) is 0 Å². The summed E-state index contributed by atoms with van der Waals surface area (Å²) in [6.45, 7) is 2.49. The number of ether oxygens (including phenoxy) is 1. The summed E-state index contributed by atoms with van der Waals surface area (Å²) in [6.07, 6.45) is 6.66. The van der Waals surface area contributed by atoms with E-state index >= 15 is 0 Å². The topological polar surface area (TPSA) is 59.3 Å². The van der Waals surface area contributed by atoms with Crippen LogP contribution in [0.1, 0.15) is 30.1 Å². The van der Waals surface area contributed by atoms with Crippen LogP contribution in [-0.4, -0.2) is 40.7 Å². The van der Waals surface area contributed by atoms with Gasteiger partial charge in [-0.15, -0.1) is 0 Å². The summed E-state index contributed by atoms with van der Waals surface area (Å²) in [5.41, 5.74) is 2.67. The van der Waals surface area contributed by atoms with Crippen LogP contribution in [0.3, 0.4) is 0 Å². The number of rotatable bonds is 8. The number of hydrogen-bond acceptors (Lipinski definition) is 4. The maximum absolute atomic E-state index is 10.1. The summed E-state index contributed by atoms with van der Waals surface area (Å²) in [6, 6.07) is 10.4. The normalized spacial score (nSPS) is 18.6. The van der Waals surface area contributed by atoms with Gasteiger partial charge < -0.3 is 15.2 Å². The van der Waals surface area contributed by atoms with Gasteiger partial charge >= 0.3 is 0 Å². The molecule has 1 aliphatic carbocycles. The summed E-state index contributed by atoms with van der Waals surface area (Å²) in [7, 11) is 0. The van der Waals surface area contributed by atoms with Gasteiger partial charge in [0.15, 0.2) is 0 Å². The van der Waals surface area contributed by atoms with Crippen LogP contribution in [0, 0.1) is 0 Å². The maximum atomic E-state index is 10.1. The molecule has 1 heterocycles. The molecule has 23 heavy (non-hydrogen) atoms. The first kappa shape index (κ1) is 16.2. The van der Waals surface area contributed by atoms with Gasteiger partial charge in [0.05, 0.1) is 25.4 Å². The minimum atomic E-state index is -0.485. The largest absolute Gasteiger partial charge is 0.389 e. The van der Waals surface area contributed by atoms with Crippen LogP contribution < -0.4 is 5.32 Å². The molecule has 2 atom stereocenters. The van der Waals surface area contributed by atoms with E-state index in [2.05, 4.69) is 34.7 Å². The van der Waals surface area contributed by atoms with Gasteiger partial charge in [-0.3, -0.25) is 4.68 Å². The first-order chi connectivity index (χ1) is 11.3. The second-order valence-corrected chi connectivity index (χ2v) is 6.04. The standard InChI is InChI=1S/C18H25N3O2/c22-16(13-19-10-12-21-11-4-9-20-21)14-23-18-8-3-6-15-5-1-2-7-17(15)18/h1-2,4-5,7,9,11,16,18-19,22H,3,6,8,10,12-14H2/t16-,18-/m1/s1. The molecule has 0 amide bonds. The average molecular weight is 315 g/mol. The Kier molecular flexibility index (Phi) is 5.80. The van der Waals surface area contributed by atoms with Gasteiger partial charge in [-0.25, -0.2) is 0 Å². The lowest BCUT2D eigenvalue weighted by atomic mass is 9.89. The Balaban J connectivity index is 1.37. The van der Waals surface area contributed by atoms with Crippen LogP contribution in [-0.2, 0) is 17.7 Å². The fourth-order valence-corrected chi connectivity index (χ4v) is 3.06. The van der Waals surface area contributed by atoms with E-state index in [4.69, 9.17) is 4.74 Å². The Morgan fingerprint density at radius 1 is 1.35 bits per heavy atom. The van der Waals surface area contributed by atoms with Gasteiger partial charge in [0.1, 0.15) is 0 Å². The smallest absolute Gasteiger partial charge is 0.0897 e. The second kappa shape index (κ2) is 8.24. The molecule has 1 aromatic carbocycles. The number of nitrogens with zero attached hydrogens (tertiary/aromatic N) is 2. The summed E-state index contributed by atoms with van der Waals surface area (Å²) in [4.78, 5) is 0. The molecule has 124 valence electrons. The van der Waals surface area contributed by atoms with Crippen molar-refractivity contribution in [3.05, 3.63) is 53.9 Å². The van der Waals surface area contributed by atoms with Crippen molar-refractivity contribution in [3.8, 4) is 0 Å². The van der Waals surface area contributed by atoms with Crippen molar-refractivity contribution in [1.29, 1.82) is 0 Å². The molecule has 3 rings (SSSR count). The van der Waals surface area contributed by atoms with Gasteiger partial charge in [0.25, 0.3) is 0 Å². The fourth-order valence-electron chi connectivity index (χ4n) is 3.06. The number of aliphatic hydroxyl groups excluding tert-OH is 1. The zero-order valence-electron chi connectivity index (χ0n) is 13.4. The van der Waals surface area contributed by atoms with E-state index in [9.17, 15) is 5.11 Å². The van der Waals surface area contributed by atoms with Crippen molar-refractivity contribution in [2.24, 2.45) is 0 Å². The highest BCUT2D eigenvalue weighted by Crippen LogP contribution is 2.32. The van der Waals surface area contributed by atoms with Gasteiger partial charge in [-0.2, -0.15) is 5.10 Å². The molecular weight excluding hydrogens is 290 g/mol. The first-order valence-corrected chi connectivity index (χ1v) is 8.38. The minimum Gasteiger partial charge on any atom is -0.389 e. The number of fused-ring (bicyclic) bond motifs is 1. The van der Waals surface area contributed by atoms with E-state index in [1.54, 1.807) is 6.20 Å². The Morgan fingerprint density at radius 2 is 2.26 bits per heavy atom. The van der Waals surface area contributed by atoms with Crippen molar-refractivity contribution in [3.63, 3.8) is 0 Å². The third-order valence-corrected chi connectivity index (χ3v) is 4.26. The quantitative estimate of drug-likeness (QED) is 0.731. The van der Waals surface area contributed by atoms with E-state index in [1.807, 2.05) is 16.9 Å². The third-order valence-electron chi connectivity index (χ3n) is 4.26. The molecule has 2 aromatic rings. The molecule has 0 aliphatic heterocycles. The van der Waals surface area contributed by atoms with Crippen LogP contribution >= 0.6 is 0 Å². The molecule has 1 aliphatic rings. The molecule has 0 spiro atoms. The lowest BCUT2D eigenvalue weighted by Crippen LogP contribution is -2.33. The van der Waals surface area contributed by atoms with Crippen LogP contribution in [0.2, 0.25) is 0 Å². The lowest BCUT2D eigenvalue weighted by Gasteiger charge is -2.26. The zero-order chi connectivity index (χ0) is 15.9. The highest BCUT2D eigenvalue weighted by atomic mass is 16.5. The molecule has 0 saturated carbocycles. The molecule has 0 saturated heterocycles. The van der Waals surface area contributed by atoms with E-state index in [1.165, 1.54) is 11.1 Å². The predicted molar refractivity (Wildman–Crippen MR) is 89.2 cm³/mol. The molecule has 2 N–H and O–H groups in total. The van der Waals surface area contributed by atoms with Gasteiger partial charge in [-0.1, -0.05) is 24.3 Å². The van der Waals surface area contributed by atoms with Gasteiger partial charge in [-0.05, 0) is 36.5 Å². The van der Waals surface area contributed by atoms with E-state index in [0.29, 0.717) is 13.2 Å². The Morgan fingerprint density at radius 3 is 3.13 bits per heavy atom. The molecule has 0 radical (unpaired) electrons. The maximum Gasteiger partial charge on any atom is 0.0897 e. The molecule has 5 nitrogen and oxygen atoms in total. The number of aromatic nitrogens is 2. The molecule has 0 unspecified atom stereocenters. The highest BCUT2D eigenvalue weighted by molar-refractivity contribution is 5.31. The predicted octanol–water partition coefficient (Wildman–Crippen LogP) is 1.93. The van der Waals surface area contributed by atoms with Crippen molar-refractivity contribution in [1.82, 2.24) is 15.1 Å². The molecule has 1 aromatic heterocycles. The summed E-state index contributed by atoms with van der Waals surface area (Å²) >= 11 is 0. The Hall–Kier alpha value is -1.69. The van der Waals surface area contributed by atoms with Gasteiger partial charge in [0, 0.05) is 25.5 Å². The SMILES string of the molecule is O[C@H](CNCCn1cccn1)CO[C@@H]1CCCc2ccccc21. The first-order valence-electron chi connectivity index (χ1n) is 8.38. The zero-order valence-corrected chi connectivity index (χ0v) is 13.4. The molecule has 0 fully saturated rings. The average Bonchev–Trinajstić information content (AvgIpc) is 3.10. The number of nitrogens with one attached hydrogen (secondary N) is 1. The van der Waals surface area contributed by atoms with Crippen LogP contribution in [0.5, 0.6) is 0 Å². The molecule has 5 heteroatoms. The third kappa shape index (κ3) is 4.64. The van der Waals surface area contributed by atoms with Crippen molar-refractivity contribution in [2.75, 3.05) is 19.7 Å². The van der Waals surface area contributed by atoms with E-state index in [0.717, 1.165) is 32.4 Å². The highest BCUT2D eigenvalue weighted by Gasteiger charge is 2.21. The number of hydrogen-bond donors (Lipinski definition) is 2. The van der Waals surface area contributed by atoms with E-state index in [-0.39, 0.29) is 6.10 Å². The second-order valence-electron chi connectivity index (χ2n) is 6.04. The monoisotopic (exact) mass is 315 g/mol. The Labute approximate surface area is 137 Å². The number of benzene rings is 1. The van der Waals surface area contributed by atoms with Crippen molar-refractivity contribution < 1.29 is 9.84 Å². The summed E-state index contributed by atoms with van der Waals surface area (Å²) in [5, 5.41) is 17.5. The van der Waals surface area contributed by atoms with Crippen LogP contribution in [0.15, 0.2) is 42.7 Å². The number of aryl methyl sites for hydroxylation is 1. The number of aliphatic hydroxyl groups is 1. The summed E-state index contributed by atoms with van der Waals surface area (Å²) < 4.78 is 7.84. The summed E-state index contributed by atoms with van der Waals surface area (Å²) in [5.74, 6) is 0. The Bertz CT molecular complexity index is 586. The fraction of sp³-hybridized carbons (Fsp3) is 0.500. The minimum absolute atomic E-state index is 0.124. The molecule has 0 bridgehead atoms. The lowest BCUT2D eigenvalue weighted by molar-refractivity contribution is -0.0167.